The van der Waals surface area contributed by atoms with Gasteiger partial charge in [0, 0.05) is 0 Å². The highest BCUT2D eigenvalue weighted by Crippen LogP contribution is 2.58. The van der Waals surface area contributed by atoms with Crippen LogP contribution in [0, 0.1) is 16.7 Å². The Morgan fingerprint density at radius 2 is 1.65 bits per heavy atom. The lowest BCUT2D eigenvalue weighted by atomic mass is 9.49. The highest BCUT2D eigenvalue weighted by molar-refractivity contribution is 5.87. The smallest absolute Gasteiger partial charge is 0.311 e. The molecule has 0 aliphatic heterocycles. The number of carboxylic acid groups (broad SMARTS) is 2. The third kappa shape index (κ3) is 1.97. The van der Waals surface area contributed by atoms with Crippen molar-refractivity contribution in [1.29, 1.82) is 0 Å². The topological polar surface area (TPSA) is 74.6 Å². The minimum atomic E-state index is -1.16. The van der Waals surface area contributed by atoms with Crippen molar-refractivity contribution in [3.8, 4) is 0 Å². The van der Waals surface area contributed by atoms with E-state index in [1.54, 1.807) is 0 Å². The number of carbonyl (C=O) groups is 2. The highest BCUT2D eigenvalue weighted by Gasteiger charge is 2.63. The van der Waals surface area contributed by atoms with Crippen LogP contribution in [0.1, 0.15) is 58.3 Å². The molecule has 0 aromatic rings. The number of allylic oxidation sites excluding steroid dienone is 2. The van der Waals surface area contributed by atoms with Crippen molar-refractivity contribution >= 4 is 11.9 Å². The summed E-state index contributed by atoms with van der Waals surface area (Å²) in [6, 6.07) is 0. The van der Waals surface area contributed by atoms with Gasteiger partial charge < -0.3 is 10.2 Å². The fourth-order valence-corrected chi connectivity index (χ4v) is 4.44. The normalized spacial score (nSPS) is 34.9. The molecule has 0 saturated heterocycles. The Bertz CT molecular complexity index is 422. The molecule has 20 heavy (non-hydrogen) atoms. The van der Waals surface area contributed by atoms with Crippen LogP contribution in [0.15, 0.2) is 12.2 Å². The van der Waals surface area contributed by atoms with Gasteiger partial charge in [0.25, 0.3) is 0 Å². The Kier molecular flexibility index (Phi) is 4.21. The second kappa shape index (κ2) is 5.58. The summed E-state index contributed by atoms with van der Waals surface area (Å²) >= 11 is 0. The van der Waals surface area contributed by atoms with E-state index in [1.165, 1.54) is 0 Å². The predicted molar refractivity (Wildman–Crippen MR) is 75.4 cm³/mol. The van der Waals surface area contributed by atoms with Crippen molar-refractivity contribution in [2.75, 3.05) is 0 Å². The summed E-state index contributed by atoms with van der Waals surface area (Å²) in [5.41, 5.74) is -2.29. The molecule has 2 unspecified atom stereocenters. The second-order valence-electron chi connectivity index (χ2n) is 6.23. The lowest BCUT2D eigenvalue weighted by Crippen LogP contribution is -2.57. The van der Waals surface area contributed by atoms with Crippen molar-refractivity contribution < 1.29 is 19.8 Å². The SMILES string of the molecule is CCC1(C(=O)O)CC=CCC1(C(=O)O)C1CCCCC1. The van der Waals surface area contributed by atoms with Crippen LogP contribution in [0.3, 0.4) is 0 Å². The number of rotatable bonds is 4. The number of aliphatic carboxylic acids is 2. The first-order valence-corrected chi connectivity index (χ1v) is 7.63. The van der Waals surface area contributed by atoms with Crippen LogP contribution in [0.2, 0.25) is 0 Å². The Labute approximate surface area is 119 Å². The maximum absolute atomic E-state index is 12.2. The molecule has 2 aliphatic carbocycles. The van der Waals surface area contributed by atoms with Crippen LogP contribution in [-0.4, -0.2) is 22.2 Å². The van der Waals surface area contributed by atoms with E-state index in [0.717, 1.165) is 32.1 Å². The van der Waals surface area contributed by atoms with Crippen LogP contribution in [0.4, 0.5) is 0 Å². The summed E-state index contributed by atoms with van der Waals surface area (Å²) in [6.45, 7) is 1.81. The molecule has 4 heteroatoms. The molecule has 1 fully saturated rings. The molecule has 2 atom stereocenters. The molecule has 2 N–H and O–H groups in total. The molecule has 112 valence electrons. The largest absolute Gasteiger partial charge is 0.481 e. The van der Waals surface area contributed by atoms with Crippen LogP contribution < -0.4 is 0 Å². The van der Waals surface area contributed by atoms with Gasteiger partial charge in [-0.1, -0.05) is 38.3 Å². The molecule has 4 nitrogen and oxygen atoms in total. The molecule has 2 aliphatic rings. The van der Waals surface area contributed by atoms with Gasteiger partial charge in [-0.25, -0.2) is 0 Å². The molecule has 0 aromatic heterocycles. The zero-order chi connectivity index (χ0) is 14.8. The number of carboxylic acids is 2. The fourth-order valence-electron chi connectivity index (χ4n) is 4.44. The van der Waals surface area contributed by atoms with Crippen molar-refractivity contribution in [2.24, 2.45) is 16.7 Å². The summed E-state index contributed by atoms with van der Waals surface area (Å²) in [5.74, 6) is -1.88. The average Bonchev–Trinajstić information content (AvgIpc) is 2.47. The zero-order valence-corrected chi connectivity index (χ0v) is 12.1. The van der Waals surface area contributed by atoms with Gasteiger partial charge in [0.15, 0.2) is 0 Å². The van der Waals surface area contributed by atoms with Crippen LogP contribution in [0.25, 0.3) is 0 Å². The quantitative estimate of drug-likeness (QED) is 0.773. The van der Waals surface area contributed by atoms with Crippen molar-refractivity contribution in [2.45, 2.75) is 58.3 Å². The molecule has 0 bridgehead atoms. The van der Waals surface area contributed by atoms with Gasteiger partial charge in [0.05, 0.1) is 10.8 Å². The Hall–Kier alpha value is -1.32. The van der Waals surface area contributed by atoms with E-state index >= 15 is 0 Å². The van der Waals surface area contributed by atoms with E-state index in [9.17, 15) is 19.8 Å². The summed E-state index contributed by atoms with van der Waals surface area (Å²) in [6.07, 6.45) is 9.63. The van der Waals surface area contributed by atoms with E-state index in [4.69, 9.17) is 0 Å². The van der Waals surface area contributed by atoms with Gasteiger partial charge in [-0.15, -0.1) is 0 Å². The minimum absolute atomic E-state index is 0.0188. The zero-order valence-electron chi connectivity index (χ0n) is 12.1. The maximum Gasteiger partial charge on any atom is 0.311 e. The molecule has 1 saturated carbocycles. The molecule has 0 radical (unpaired) electrons. The molecule has 0 heterocycles. The fraction of sp³-hybridized carbons (Fsp3) is 0.750. The van der Waals surface area contributed by atoms with Gasteiger partial charge in [-0.05, 0) is 38.0 Å². The van der Waals surface area contributed by atoms with Crippen LogP contribution in [0.5, 0.6) is 0 Å². The molecule has 0 aromatic carbocycles. The lowest BCUT2D eigenvalue weighted by Gasteiger charge is -2.51. The maximum atomic E-state index is 12.2. The van der Waals surface area contributed by atoms with Crippen molar-refractivity contribution in [3.05, 3.63) is 12.2 Å². The molecule has 0 spiro atoms. The van der Waals surface area contributed by atoms with E-state index < -0.39 is 22.8 Å². The van der Waals surface area contributed by atoms with E-state index in [0.29, 0.717) is 19.3 Å². The highest BCUT2D eigenvalue weighted by atomic mass is 16.4. The molecule has 2 rings (SSSR count). The minimum Gasteiger partial charge on any atom is -0.481 e. The molecular weight excluding hydrogens is 256 g/mol. The molecule has 0 amide bonds. The second-order valence-corrected chi connectivity index (χ2v) is 6.23. The Balaban J connectivity index is 2.54. The summed E-state index contributed by atoms with van der Waals surface area (Å²) in [4.78, 5) is 24.1. The van der Waals surface area contributed by atoms with Gasteiger partial charge in [-0.3, -0.25) is 9.59 Å². The Morgan fingerprint density at radius 3 is 2.15 bits per heavy atom. The standard InChI is InChI=1S/C16H24O4/c1-2-15(13(17)18)10-6-7-11-16(15,14(19)20)12-8-4-3-5-9-12/h6-7,12H,2-5,8-11H2,1H3,(H,17,18)(H,19,20). The first-order chi connectivity index (χ1) is 9.51. The summed E-state index contributed by atoms with van der Waals surface area (Å²) in [7, 11) is 0. The van der Waals surface area contributed by atoms with Crippen LogP contribution in [-0.2, 0) is 9.59 Å². The summed E-state index contributed by atoms with van der Waals surface area (Å²) < 4.78 is 0. The van der Waals surface area contributed by atoms with Gasteiger partial charge in [0.1, 0.15) is 0 Å². The predicted octanol–water partition coefficient (Wildman–Crippen LogP) is 3.47. The average molecular weight is 280 g/mol. The number of hydrogen-bond acceptors (Lipinski definition) is 2. The van der Waals surface area contributed by atoms with E-state index in [1.807, 2.05) is 19.1 Å². The first-order valence-electron chi connectivity index (χ1n) is 7.63. The number of hydrogen-bond donors (Lipinski definition) is 2. The van der Waals surface area contributed by atoms with Gasteiger partial charge >= 0.3 is 11.9 Å². The van der Waals surface area contributed by atoms with E-state index in [-0.39, 0.29) is 5.92 Å². The lowest BCUT2D eigenvalue weighted by molar-refractivity contribution is -0.184. The molecular formula is C16H24O4. The monoisotopic (exact) mass is 280 g/mol. The summed E-state index contributed by atoms with van der Waals surface area (Å²) in [5, 5.41) is 19.8. The van der Waals surface area contributed by atoms with E-state index in [2.05, 4.69) is 0 Å². The first kappa shape index (κ1) is 15.1. The van der Waals surface area contributed by atoms with Crippen molar-refractivity contribution in [1.82, 2.24) is 0 Å². The van der Waals surface area contributed by atoms with Crippen molar-refractivity contribution in [3.63, 3.8) is 0 Å². The van der Waals surface area contributed by atoms with Crippen LogP contribution >= 0.6 is 0 Å². The van der Waals surface area contributed by atoms with Gasteiger partial charge in [0.2, 0.25) is 0 Å². The van der Waals surface area contributed by atoms with Gasteiger partial charge in [-0.2, -0.15) is 0 Å². The third-order valence-corrected chi connectivity index (χ3v) is 5.62. The third-order valence-electron chi connectivity index (χ3n) is 5.62. The Morgan fingerprint density at radius 1 is 1.05 bits per heavy atom.